The molecule has 4 nitrogen and oxygen atoms in total. The predicted molar refractivity (Wildman–Crippen MR) is 50.3 cm³/mol. The van der Waals surface area contributed by atoms with E-state index >= 15 is 0 Å². The molecule has 1 rings (SSSR count). The van der Waals surface area contributed by atoms with Crippen LogP contribution in [0.25, 0.3) is 0 Å². The highest BCUT2D eigenvalue weighted by Crippen LogP contribution is 1.98. The van der Waals surface area contributed by atoms with E-state index in [-0.39, 0.29) is 6.10 Å². The van der Waals surface area contributed by atoms with Gasteiger partial charge in [0.15, 0.2) is 0 Å². The van der Waals surface area contributed by atoms with Gasteiger partial charge in [0.1, 0.15) is 0 Å². The van der Waals surface area contributed by atoms with E-state index in [1.54, 1.807) is 0 Å². The first-order chi connectivity index (χ1) is 6.33. The van der Waals surface area contributed by atoms with E-state index in [2.05, 4.69) is 16.3 Å². The van der Waals surface area contributed by atoms with Crippen molar-refractivity contribution in [3.05, 3.63) is 0 Å². The summed E-state index contributed by atoms with van der Waals surface area (Å²) in [6.07, 6.45) is 0.883. The van der Waals surface area contributed by atoms with Crippen molar-refractivity contribution >= 4 is 0 Å². The van der Waals surface area contributed by atoms with Gasteiger partial charge in [0.2, 0.25) is 0 Å². The third-order valence-corrected chi connectivity index (χ3v) is 2.13. The van der Waals surface area contributed by atoms with Crippen LogP contribution in [0.3, 0.4) is 0 Å². The number of ether oxygens (including phenoxy) is 1. The van der Waals surface area contributed by atoms with E-state index < -0.39 is 0 Å². The first-order valence-corrected chi connectivity index (χ1v) is 4.70. The van der Waals surface area contributed by atoms with Crippen LogP contribution in [0, 0.1) is 11.3 Å². The highest BCUT2D eigenvalue weighted by atomic mass is 16.5. The minimum absolute atomic E-state index is 0.289. The van der Waals surface area contributed by atoms with Crippen LogP contribution in [0.15, 0.2) is 0 Å². The second-order valence-electron chi connectivity index (χ2n) is 3.37. The molecule has 1 saturated heterocycles. The van der Waals surface area contributed by atoms with E-state index in [9.17, 15) is 0 Å². The Bertz CT molecular complexity index is 172. The van der Waals surface area contributed by atoms with Gasteiger partial charge < -0.3 is 15.0 Å². The van der Waals surface area contributed by atoms with Crippen molar-refractivity contribution in [1.29, 1.82) is 5.26 Å². The molecule has 0 aromatic heterocycles. The van der Waals surface area contributed by atoms with Crippen molar-refractivity contribution in [2.24, 2.45) is 0 Å². The summed E-state index contributed by atoms with van der Waals surface area (Å²) in [4.78, 5) is 2.14. The maximum Gasteiger partial charge on any atom is 0.0826 e. The Morgan fingerprint density at radius 1 is 1.69 bits per heavy atom. The second-order valence-corrected chi connectivity index (χ2v) is 3.37. The summed E-state index contributed by atoms with van der Waals surface area (Å²) in [5, 5.41) is 11.7. The molecule has 0 radical (unpaired) electrons. The maximum absolute atomic E-state index is 8.40. The zero-order chi connectivity index (χ0) is 9.52. The lowest BCUT2D eigenvalue weighted by molar-refractivity contribution is 0.0104. The monoisotopic (exact) mass is 183 g/mol. The second kappa shape index (κ2) is 5.92. The summed E-state index contributed by atoms with van der Waals surface area (Å²) in [6.45, 7) is 4.43. The molecule has 1 fully saturated rings. The fourth-order valence-electron chi connectivity index (χ4n) is 1.42. The van der Waals surface area contributed by atoms with Gasteiger partial charge in [0.25, 0.3) is 0 Å². The number of hydrogen-bond acceptors (Lipinski definition) is 4. The van der Waals surface area contributed by atoms with Gasteiger partial charge in [0, 0.05) is 32.6 Å². The third kappa shape index (κ3) is 4.23. The van der Waals surface area contributed by atoms with Crippen LogP contribution >= 0.6 is 0 Å². The summed E-state index contributed by atoms with van der Waals surface area (Å²) in [5.74, 6) is 0. The molecule has 1 unspecified atom stereocenters. The van der Waals surface area contributed by atoms with E-state index in [4.69, 9.17) is 10.00 Å². The van der Waals surface area contributed by atoms with Gasteiger partial charge in [-0.3, -0.25) is 0 Å². The molecule has 1 atom stereocenters. The minimum atomic E-state index is 0.289. The van der Waals surface area contributed by atoms with Crippen molar-refractivity contribution in [3.63, 3.8) is 0 Å². The SMILES string of the molecule is CN(CCC#N)CC1CNCCO1. The summed E-state index contributed by atoms with van der Waals surface area (Å²) < 4.78 is 5.54. The van der Waals surface area contributed by atoms with Crippen LogP contribution in [0.5, 0.6) is 0 Å². The van der Waals surface area contributed by atoms with Crippen LogP contribution < -0.4 is 5.32 Å². The van der Waals surface area contributed by atoms with Crippen LogP contribution in [0.1, 0.15) is 6.42 Å². The lowest BCUT2D eigenvalue weighted by Crippen LogP contribution is -2.44. The van der Waals surface area contributed by atoms with Gasteiger partial charge in [-0.2, -0.15) is 5.26 Å². The van der Waals surface area contributed by atoms with Crippen molar-refractivity contribution in [3.8, 4) is 6.07 Å². The molecule has 74 valence electrons. The number of nitriles is 1. The number of likely N-dealkylation sites (N-methyl/N-ethyl adjacent to an activating group) is 1. The summed E-state index contributed by atoms with van der Waals surface area (Å²) in [6, 6.07) is 2.14. The lowest BCUT2D eigenvalue weighted by Gasteiger charge is -2.27. The van der Waals surface area contributed by atoms with Crippen LogP contribution in [-0.4, -0.2) is 50.8 Å². The average molecular weight is 183 g/mol. The third-order valence-electron chi connectivity index (χ3n) is 2.13. The summed E-state index contributed by atoms with van der Waals surface area (Å²) in [5.41, 5.74) is 0. The molecule has 0 aromatic carbocycles. The minimum Gasteiger partial charge on any atom is -0.374 e. The highest BCUT2D eigenvalue weighted by Gasteiger charge is 2.14. The Hall–Kier alpha value is -0.630. The number of nitrogens with zero attached hydrogens (tertiary/aromatic N) is 2. The normalized spacial score (nSPS) is 23.0. The van der Waals surface area contributed by atoms with Gasteiger partial charge >= 0.3 is 0 Å². The molecule has 1 heterocycles. The molecule has 0 aromatic rings. The molecule has 4 heteroatoms. The van der Waals surface area contributed by atoms with Crippen LogP contribution in [0.4, 0.5) is 0 Å². The maximum atomic E-state index is 8.40. The average Bonchev–Trinajstić information content (AvgIpc) is 2.16. The van der Waals surface area contributed by atoms with E-state index in [1.165, 1.54) is 0 Å². The number of nitrogens with one attached hydrogen (secondary N) is 1. The lowest BCUT2D eigenvalue weighted by atomic mass is 10.3. The Morgan fingerprint density at radius 2 is 2.54 bits per heavy atom. The molecule has 0 aliphatic carbocycles. The Morgan fingerprint density at radius 3 is 3.15 bits per heavy atom. The van der Waals surface area contributed by atoms with E-state index in [1.807, 2.05) is 7.05 Å². The zero-order valence-electron chi connectivity index (χ0n) is 8.12. The van der Waals surface area contributed by atoms with Crippen molar-refractivity contribution < 1.29 is 4.74 Å². The zero-order valence-corrected chi connectivity index (χ0v) is 8.12. The fourth-order valence-corrected chi connectivity index (χ4v) is 1.42. The van der Waals surface area contributed by atoms with Crippen molar-refractivity contribution in [2.75, 3.05) is 39.8 Å². The fraction of sp³-hybridized carbons (Fsp3) is 0.889. The van der Waals surface area contributed by atoms with Gasteiger partial charge in [-0.25, -0.2) is 0 Å². The molecular formula is C9H17N3O. The Labute approximate surface area is 79.5 Å². The first-order valence-electron chi connectivity index (χ1n) is 4.70. The van der Waals surface area contributed by atoms with Crippen LogP contribution in [-0.2, 0) is 4.74 Å². The van der Waals surface area contributed by atoms with Crippen molar-refractivity contribution in [1.82, 2.24) is 10.2 Å². The van der Waals surface area contributed by atoms with Crippen LogP contribution in [0.2, 0.25) is 0 Å². The molecule has 1 aliphatic heterocycles. The molecule has 0 bridgehead atoms. The molecule has 0 spiro atoms. The molecule has 1 aliphatic rings. The molecule has 1 N–H and O–H groups in total. The Kier molecular flexibility index (Phi) is 4.76. The Balaban J connectivity index is 2.11. The molecule has 13 heavy (non-hydrogen) atoms. The quantitative estimate of drug-likeness (QED) is 0.657. The number of morpholine rings is 1. The molecule has 0 amide bonds. The summed E-state index contributed by atoms with van der Waals surface area (Å²) in [7, 11) is 2.02. The van der Waals surface area contributed by atoms with E-state index in [0.29, 0.717) is 6.42 Å². The molecule has 0 saturated carbocycles. The van der Waals surface area contributed by atoms with E-state index in [0.717, 1.165) is 32.8 Å². The number of hydrogen-bond donors (Lipinski definition) is 1. The predicted octanol–water partition coefficient (Wildman–Crippen LogP) is -0.180. The molecular weight excluding hydrogens is 166 g/mol. The number of rotatable bonds is 4. The van der Waals surface area contributed by atoms with Gasteiger partial charge in [-0.1, -0.05) is 0 Å². The summed E-state index contributed by atoms with van der Waals surface area (Å²) >= 11 is 0. The van der Waals surface area contributed by atoms with Gasteiger partial charge in [0.05, 0.1) is 18.8 Å². The topological polar surface area (TPSA) is 48.3 Å². The first kappa shape index (κ1) is 10.5. The van der Waals surface area contributed by atoms with Crippen molar-refractivity contribution in [2.45, 2.75) is 12.5 Å². The highest BCUT2D eigenvalue weighted by molar-refractivity contribution is 4.74. The standard InChI is InChI=1S/C9H17N3O/c1-12(5-2-3-10)8-9-7-11-4-6-13-9/h9,11H,2,4-8H2,1H3. The smallest absolute Gasteiger partial charge is 0.0826 e. The van der Waals surface area contributed by atoms with Gasteiger partial charge in [-0.05, 0) is 7.05 Å². The van der Waals surface area contributed by atoms with Gasteiger partial charge in [-0.15, -0.1) is 0 Å². The largest absolute Gasteiger partial charge is 0.374 e.